The van der Waals surface area contributed by atoms with E-state index in [2.05, 4.69) is 35.8 Å². The molecule has 0 aromatic heterocycles. The predicted molar refractivity (Wildman–Crippen MR) is 156 cm³/mol. The lowest BCUT2D eigenvalue weighted by Gasteiger charge is -2.31. The number of methoxy groups -OCH3 is 1. The summed E-state index contributed by atoms with van der Waals surface area (Å²) < 4.78 is 4.72. The van der Waals surface area contributed by atoms with E-state index in [9.17, 15) is 9.59 Å². The Morgan fingerprint density at radius 1 is 0.737 bits per heavy atom. The van der Waals surface area contributed by atoms with Crippen molar-refractivity contribution in [3.8, 4) is 0 Å². The molecule has 2 fully saturated rings. The number of hydrogen-bond acceptors (Lipinski definition) is 5. The zero-order valence-corrected chi connectivity index (χ0v) is 24.0. The van der Waals surface area contributed by atoms with Crippen molar-refractivity contribution in [1.82, 2.24) is 9.80 Å². The molecule has 2 saturated heterocycles. The molecular weight excluding hydrogens is 500 g/mol. The molecule has 6 nitrogen and oxygen atoms in total. The first-order chi connectivity index (χ1) is 17.9. The molecular formula is C31H45ClN2O4. The molecule has 4 rings (SSSR count). The fourth-order valence-corrected chi connectivity index (χ4v) is 5.52. The molecule has 0 atom stereocenters. The van der Waals surface area contributed by atoms with E-state index in [1.807, 2.05) is 24.3 Å². The average molecular weight is 545 g/mol. The average Bonchev–Trinajstić information content (AvgIpc) is 2.94. The van der Waals surface area contributed by atoms with Crippen LogP contribution in [-0.4, -0.2) is 73.2 Å². The van der Waals surface area contributed by atoms with Gasteiger partial charge in [0.05, 0.1) is 18.2 Å². The Bertz CT molecular complexity index is 964. The van der Waals surface area contributed by atoms with E-state index in [0.29, 0.717) is 23.0 Å². The predicted octanol–water partition coefficient (Wildman–Crippen LogP) is 6.46. The lowest BCUT2D eigenvalue weighted by atomic mass is 9.89. The van der Waals surface area contributed by atoms with Crippen LogP contribution in [-0.2, 0) is 4.74 Å². The van der Waals surface area contributed by atoms with Crippen LogP contribution in [0.25, 0.3) is 0 Å². The number of carboxylic acid groups (broad SMARTS) is 1. The maximum Gasteiger partial charge on any atom is 0.337 e. The lowest BCUT2D eigenvalue weighted by Crippen LogP contribution is -2.33. The van der Waals surface area contributed by atoms with Gasteiger partial charge in [-0.3, -0.25) is 0 Å². The number of nitrogens with zero attached hydrogens (tertiary/aromatic N) is 2. The number of likely N-dealkylation sites (tertiary alicyclic amines) is 2. The van der Waals surface area contributed by atoms with Crippen LogP contribution in [0.4, 0.5) is 0 Å². The second-order valence-corrected chi connectivity index (χ2v) is 10.3. The number of carbonyl (C=O) groups excluding carboxylic acids is 1. The fourth-order valence-electron chi connectivity index (χ4n) is 5.52. The summed E-state index contributed by atoms with van der Waals surface area (Å²) in [5.74, 6) is 0.129. The molecule has 38 heavy (non-hydrogen) atoms. The van der Waals surface area contributed by atoms with Gasteiger partial charge in [0.1, 0.15) is 0 Å². The molecule has 2 aliphatic heterocycles. The number of hydrogen-bond donors (Lipinski definition) is 1. The second-order valence-electron chi connectivity index (χ2n) is 10.3. The van der Waals surface area contributed by atoms with Crippen LogP contribution in [0.15, 0.2) is 48.5 Å². The number of aromatic carboxylic acids is 1. The first-order valence-electron chi connectivity index (χ1n) is 13.9. The molecule has 0 amide bonds. The standard InChI is InChI=1S/C16H23NO2.C15H21NO2.ClH/c1-3-10-17-11-8-14(9-12-17)13-4-6-15(7-5-13)16(18)19-2;1-2-9-16-10-7-13(8-11-16)12-3-5-14(6-4-12)15(17)18;/h4-7,14H,3,8-12H2,1-2H3;3-6,13H,2,7-11H2,1H3,(H,17,18);1H. The number of benzene rings is 2. The smallest absolute Gasteiger partial charge is 0.337 e. The number of carboxylic acids is 1. The third kappa shape index (κ3) is 9.40. The summed E-state index contributed by atoms with van der Waals surface area (Å²) in [6.07, 6.45) is 7.27. The van der Waals surface area contributed by atoms with E-state index in [1.54, 1.807) is 12.1 Å². The summed E-state index contributed by atoms with van der Waals surface area (Å²) in [5, 5.41) is 8.87. The van der Waals surface area contributed by atoms with Gasteiger partial charge in [0.25, 0.3) is 0 Å². The Morgan fingerprint density at radius 3 is 1.42 bits per heavy atom. The highest BCUT2D eigenvalue weighted by molar-refractivity contribution is 5.89. The van der Waals surface area contributed by atoms with Gasteiger partial charge in [-0.05, 0) is 125 Å². The zero-order chi connectivity index (χ0) is 26.6. The topological polar surface area (TPSA) is 70.1 Å². The Labute approximate surface area is 234 Å². The summed E-state index contributed by atoms with van der Waals surface area (Å²) in [6, 6.07) is 15.3. The molecule has 0 unspecified atom stereocenters. The van der Waals surface area contributed by atoms with E-state index in [0.717, 1.165) is 0 Å². The monoisotopic (exact) mass is 544 g/mol. The summed E-state index contributed by atoms with van der Waals surface area (Å²) in [7, 11) is 1.42. The molecule has 7 heteroatoms. The summed E-state index contributed by atoms with van der Waals surface area (Å²) in [6.45, 7) is 11.6. The van der Waals surface area contributed by atoms with E-state index in [-0.39, 0.29) is 18.4 Å². The molecule has 0 radical (unpaired) electrons. The van der Waals surface area contributed by atoms with Crippen molar-refractivity contribution in [2.45, 2.75) is 64.2 Å². The van der Waals surface area contributed by atoms with Crippen LogP contribution in [0.3, 0.4) is 0 Å². The highest BCUT2D eigenvalue weighted by Gasteiger charge is 2.21. The molecule has 0 saturated carbocycles. The minimum Gasteiger partial charge on any atom is -0.478 e. The summed E-state index contributed by atoms with van der Waals surface area (Å²) in [5.41, 5.74) is 3.65. The van der Waals surface area contributed by atoms with Gasteiger partial charge in [0.15, 0.2) is 0 Å². The molecule has 1 N–H and O–H groups in total. The van der Waals surface area contributed by atoms with E-state index < -0.39 is 5.97 Å². The van der Waals surface area contributed by atoms with E-state index in [4.69, 9.17) is 9.84 Å². The van der Waals surface area contributed by atoms with Crippen molar-refractivity contribution in [1.29, 1.82) is 0 Å². The van der Waals surface area contributed by atoms with Crippen molar-refractivity contribution < 1.29 is 19.4 Å². The molecule has 0 bridgehead atoms. The second kappa shape index (κ2) is 16.5. The van der Waals surface area contributed by atoms with Gasteiger partial charge in [0, 0.05) is 0 Å². The number of piperidine rings is 2. The molecule has 0 aliphatic carbocycles. The molecule has 2 heterocycles. The number of ether oxygens (including phenoxy) is 1. The third-order valence-electron chi connectivity index (χ3n) is 7.69. The van der Waals surface area contributed by atoms with E-state index in [1.165, 1.54) is 96.0 Å². The number of halogens is 1. The van der Waals surface area contributed by atoms with Crippen LogP contribution in [0, 0.1) is 0 Å². The van der Waals surface area contributed by atoms with Gasteiger partial charge in [0.2, 0.25) is 0 Å². The minimum absolute atomic E-state index is 0. The quantitative estimate of drug-likeness (QED) is 0.385. The van der Waals surface area contributed by atoms with Crippen LogP contribution in [0.2, 0.25) is 0 Å². The van der Waals surface area contributed by atoms with Gasteiger partial charge in [-0.15, -0.1) is 12.4 Å². The normalized spacial score (nSPS) is 17.1. The van der Waals surface area contributed by atoms with Crippen molar-refractivity contribution in [3.63, 3.8) is 0 Å². The molecule has 210 valence electrons. The van der Waals surface area contributed by atoms with Gasteiger partial charge >= 0.3 is 11.9 Å². The maximum absolute atomic E-state index is 11.4. The highest BCUT2D eigenvalue weighted by atomic mass is 35.5. The van der Waals surface area contributed by atoms with Crippen LogP contribution in [0.1, 0.15) is 96.1 Å². The fraction of sp³-hybridized carbons (Fsp3) is 0.548. The molecule has 0 spiro atoms. The highest BCUT2D eigenvalue weighted by Crippen LogP contribution is 2.29. The van der Waals surface area contributed by atoms with Crippen molar-refractivity contribution >= 4 is 24.3 Å². The SMILES string of the molecule is CCCN1CCC(c2ccc(C(=O)O)cc2)CC1.CCCN1CCC(c2ccc(C(=O)OC)cc2)CC1.Cl. The van der Waals surface area contributed by atoms with Gasteiger partial charge in [-0.2, -0.15) is 0 Å². The first-order valence-corrected chi connectivity index (χ1v) is 13.9. The number of carbonyl (C=O) groups is 2. The Morgan fingerprint density at radius 2 is 1.11 bits per heavy atom. The van der Waals surface area contributed by atoms with Crippen LogP contribution < -0.4 is 0 Å². The Kier molecular flexibility index (Phi) is 13.8. The Hall–Kier alpha value is -2.41. The van der Waals surface area contributed by atoms with Crippen molar-refractivity contribution in [3.05, 3.63) is 70.8 Å². The zero-order valence-electron chi connectivity index (χ0n) is 23.2. The van der Waals surface area contributed by atoms with Gasteiger partial charge in [-0.25, -0.2) is 9.59 Å². The maximum atomic E-state index is 11.4. The molecule has 2 aromatic rings. The van der Waals surface area contributed by atoms with Gasteiger partial charge < -0.3 is 19.6 Å². The minimum atomic E-state index is -0.848. The Balaban J connectivity index is 0.000000260. The summed E-state index contributed by atoms with van der Waals surface area (Å²) in [4.78, 5) is 27.2. The van der Waals surface area contributed by atoms with Crippen molar-refractivity contribution in [2.24, 2.45) is 0 Å². The first kappa shape index (κ1) is 31.8. The number of esters is 1. The molecule has 2 aromatic carbocycles. The van der Waals surface area contributed by atoms with Crippen LogP contribution in [0.5, 0.6) is 0 Å². The molecule has 2 aliphatic rings. The van der Waals surface area contributed by atoms with Crippen molar-refractivity contribution in [2.75, 3.05) is 46.4 Å². The largest absolute Gasteiger partial charge is 0.478 e. The number of rotatable bonds is 8. The summed E-state index contributed by atoms with van der Waals surface area (Å²) >= 11 is 0. The lowest BCUT2D eigenvalue weighted by molar-refractivity contribution is 0.0599. The van der Waals surface area contributed by atoms with Crippen LogP contribution >= 0.6 is 12.4 Å². The third-order valence-corrected chi connectivity index (χ3v) is 7.69. The van der Waals surface area contributed by atoms with Gasteiger partial charge in [-0.1, -0.05) is 38.1 Å². The van der Waals surface area contributed by atoms with E-state index >= 15 is 0 Å².